The van der Waals surface area contributed by atoms with Crippen LogP contribution in [0.5, 0.6) is 0 Å². The lowest BCUT2D eigenvalue weighted by atomic mass is 10.0. The maximum Gasteiger partial charge on any atom is 0.305 e. The van der Waals surface area contributed by atoms with Crippen LogP contribution in [-0.4, -0.2) is 28.1 Å². The summed E-state index contributed by atoms with van der Waals surface area (Å²) in [7, 11) is 0. The van der Waals surface area contributed by atoms with Gasteiger partial charge in [0.1, 0.15) is 5.69 Å². The molecular formula is C21H17ClN2O3. The summed E-state index contributed by atoms with van der Waals surface area (Å²) >= 11 is 6.18. The molecule has 0 saturated heterocycles. The van der Waals surface area contributed by atoms with Gasteiger partial charge in [0.05, 0.1) is 18.2 Å². The van der Waals surface area contributed by atoms with Crippen molar-refractivity contribution in [1.82, 2.24) is 9.88 Å². The van der Waals surface area contributed by atoms with Crippen LogP contribution in [0.4, 0.5) is 0 Å². The number of benzene rings is 2. The zero-order valence-corrected chi connectivity index (χ0v) is 15.1. The van der Waals surface area contributed by atoms with E-state index in [1.54, 1.807) is 6.07 Å². The molecule has 1 aliphatic heterocycles. The molecule has 27 heavy (non-hydrogen) atoms. The van der Waals surface area contributed by atoms with Gasteiger partial charge in [0.25, 0.3) is 5.91 Å². The standard InChI is InChI=1S/C21H17ClN2O3/c22-15-8-4-7-14(9-15)17-11-18-21(27)23-12-16(10-19(25)26)24(18)20(17)13-5-2-1-3-6-13/h1-9,11,16H,10,12H2,(H,23,27)(H,25,26). The lowest BCUT2D eigenvalue weighted by Gasteiger charge is -2.27. The van der Waals surface area contributed by atoms with Gasteiger partial charge in [-0.05, 0) is 29.3 Å². The van der Waals surface area contributed by atoms with Gasteiger partial charge in [0.2, 0.25) is 0 Å². The minimum atomic E-state index is -0.904. The van der Waals surface area contributed by atoms with E-state index < -0.39 is 5.97 Å². The monoisotopic (exact) mass is 380 g/mol. The molecule has 0 saturated carbocycles. The molecular weight excluding hydrogens is 364 g/mol. The predicted molar refractivity (Wildman–Crippen MR) is 104 cm³/mol. The van der Waals surface area contributed by atoms with Gasteiger partial charge in [0, 0.05) is 17.1 Å². The number of fused-ring (bicyclic) bond motifs is 1. The fourth-order valence-electron chi connectivity index (χ4n) is 3.60. The van der Waals surface area contributed by atoms with Crippen molar-refractivity contribution in [1.29, 1.82) is 0 Å². The van der Waals surface area contributed by atoms with Crippen LogP contribution < -0.4 is 5.32 Å². The summed E-state index contributed by atoms with van der Waals surface area (Å²) in [5.74, 6) is -1.11. The van der Waals surface area contributed by atoms with Gasteiger partial charge in [-0.15, -0.1) is 0 Å². The minimum Gasteiger partial charge on any atom is -0.481 e. The summed E-state index contributed by atoms with van der Waals surface area (Å²) in [6.45, 7) is 0.279. The van der Waals surface area contributed by atoms with Crippen LogP contribution >= 0.6 is 11.6 Å². The number of carboxylic acid groups (broad SMARTS) is 1. The van der Waals surface area contributed by atoms with Crippen molar-refractivity contribution >= 4 is 23.5 Å². The third kappa shape index (κ3) is 3.22. The highest BCUT2D eigenvalue weighted by Gasteiger charge is 2.31. The fourth-order valence-corrected chi connectivity index (χ4v) is 3.79. The highest BCUT2D eigenvalue weighted by atomic mass is 35.5. The van der Waals surface area contributed by atoms with Gasteiger partial charge in [-0.1, -0.05) is 54.1 Å². The smallest absolute Gasteiger partial charge is 0.305 e. The van der Waals surface area contributed by atoms with E-state index in [4.69, 9.17) is 11.6 Å². The van der Waals surface area contributed by atoms with E-state index in [9.17, 15) is 14.7 Å². The number of rotatable bonds is 4. The third-order valence-electron chi connectivity index (χ3n) is 4.73. The maximum absolute atomic E-state index is 12.5. The summed E-state index contributed by atoms with van der Waals surface area (Å²) in [6.07, 6.45) is -0.0726. The quantitative estimate of drug-likeness (QED) is 0.711. The molecule has 0 spiro atoms. The second-order valence-corrected chi connectivity index (χ2v) is 6.94. The van der Waals surface area contributed by atoms with Crippen molar-refractivity contribution in [2.45, 2.75) is 12.5 Å². The van der Waals surface area contributed by atoms with E-state index in [1.807, 2.05) is 59.2 Å². The number of aliphatic carboxylic acids is 1. The number of carbonyl (C=O) groups excluding carboxylic acids is 1. The molecule has 0 fully saturated rings. The molecule has 5 nitrogen and oxygen atoms in total. The van der Waals surface area contributed by atoms with Crippen LogP contribution in [0.1, 0.15) is 23.0 Å². The highest BCUT2D eigenvalue weighted by molar-refractivity contribution is 6.30. The second kappa shape index (κ2) is 6.93. The Labute approximate surface area is 161 Å². The summed E-state index contributed by atoms with van der Waals surface area (Å²) in [5, 5.41) is 12.7. The van der Waals surface area contributed by atoms with E-state index in [1.165, 1.54) is 0 Å². The Bertz CT molecular complexity index is 1030. The first-order chi connectivity index (χ1) is 13.0. The third-order valence-corrected chi connectivity index (χ3v) is 4.96. The van der Waals surface area contributed by atoms with E-state index in [2.05, 4.69) is 5.32 Å². The Balaban J connectivity index is 2.00. The van der Waals surface area contributed by atoms with Crippen LogP contribution in [0.2, 0.25) is 5.02 Å². The topological polar surface area (TPSA) is 71.3 Å². The van der Waals surface area contributed by atoms with E-state index in [0.717, 1.165) is 22.4 Å². The molecule has 0 bridgehead atoms. The molecule has 4 rings (SSSR count). The van der Waals surface area contributed by atoms with Crippen LogP contribution in [0.3, 0.4) is 0 Å². The average Bonchev–Trinajstić information content (AvgIpc) is 3.06. The van der Waals surface area contributed by atoms with Gasteiger partial charge in [-0.3, -0.25) is 9.59 Å². The SMILES string of the molecule is O=C(O)CC1CNC(=O)c2cc(-c3cccc(Cl)c3)c(-c3ccccc3)n21. The molecule has 1 atom stereocenters. The number of carbonyl (C=O) groups is 2. The summed E-state index contributed by atoms with van der Waals surface area (Å²) in [6, 6.07) is 18.6. The Morgan fingerprint density at radius 1 is 1.11 bits per heavy atom. The number of nitrogens with one attached hydrogen (secondary N) is 1. The first-order valence-corrected chi connectivity index (χ1v) is 8.99. The normalized spacial score (nSPS) is 15.9. The van der Waals surface area contributed by atoms with Gasteiger partial charge in [-0.25, -0.2) is 0 Å². The van der Waals surface area contributed by atoms with E-state index in [0.29, 0.717) is 10.7 Å². The van der Waals surface area contributed by atoms with Gasteiger partial charge in [0.15, 0.2) is 0 Å². The number of hydrogen-bond acceptors (Lipinski definition) is 2. The number of carboxylic acids is 1. The fraction of sp³-hybridized carbons (Fsp3) is 0.143. The average molecular weight is 381 g/mol. The van der Waals surface area contributed by atoms with Gasteiger partial charge >= 0.3 is 5.97 Å². The van der Waals surface area contributed by atoms with Crippen LogP contribution in [0.25, 0.3) is 22.4 Å². The van der Waals surface area contributed by atoms with Crippen molar-refractivity contribution in [3.63, 3.8) is 0 Å². The van der Waals surface area contributed by atoms with Gasteiger partial charge < -0.3 is 15.0 Å². The molecule has 3 aromatic rings. The van der Waals surface area contributed by atoms with E-state index >= 15 is 0 Å². The molecule has 2 aromatic carbocycles. The summed E-state index contributed by atoms with van der Waals surface area (Å²) < 4.78 is 1.86. The van der Waals surface area contributed by atoms with Crippen molar-refractivity contribution in [2.24, 2.45) is 0 Å². The molecule has 0 radical (unpaired) electrons. The lowest BCUT2D eigenvalue weighted by Crippen LogP contribution is -2.39. The molecule has 1 unspecified atom stereocenters. The Kier molecular flexibility index (Phi) is 4.46. The number of halogens is 1. The molecule has 2 heterocycles. The number of aromatic nitrogens is 1. The Morgan fingerprint density at radius 2 is 1.85 bits per heavy atom. The van der Waals surface area contributed by atoms with Crippen molar-refractivity contribution < 1.29 is 14.7 Å². The summed E-state index contributed by atoms with van der Waals surface area (Å²) in [5.41, 5.74) is 3.94. The Morgan fingerprint density at radius 3 is 2.56 bits per heavy atom. The van der Waals surface area contributed by atoms with Crippen LogP contribution in [-0.2, 0) is 4.79 Å². The molecule has 1 aromatic heterocycles. The van der Waals surface area contributed by atoms with Crippen molar-refractivity contribution in [2.75, 3.05) is 6.54 Å². The van der Waals surface area contributed by atoms with Gasteiger partial charge in [-0.2, -0.15) is 0 Å². The largest absolute Gasteiger partial charge is 0.481 e. The minimum absolute atomic E-state index is 0.0726. The van der Waals surface area contributed by atoms with E-state index in [-0.39, 0.29) is 24.9 Å². The molecule has 136 valence electrons. The molecule has 6 heteroatoms. The zero-order valence-electron chi connectivity index (χ0n) is 14.4. The summed E-state index contributed by atoms with van der Waals surface area (Å²) in [4.78, 5) is 23.9. The Hall–Kier alpha value is -3.05. The first-order valence-electron chi connectivity index (χ1n) is 8.61. The first kappa shape index (κ1) is 17.4. The second-order valence-electron chi connectivity index (χ2n) is 6.50. The molecule has 1 aliphatic rings. The van der Waals surface area contributed by atoms with Crippen LogP contribution in [0, 0.1) is 0 Å². The number of hydrogen-bond donors (Lipinski definition) is 2. The lowest BCUT2D eigenvalue weighted by molar-refractivity contribution is -0.137. The number of nitrogens with zero attached hydrogens (tertiary/aromatic N) is 1. The van der Waals surface area contributed by atoms with Crippen molar-refractivity contribution in [3.05, 3.63) is 71.4 Å². The highest BCUT2D eigenvalue weighted by Crippen LogP contribution is 2.39. The predicted octanol–water partition coefficient (Wildman–Crippen LogP) is 4.23. The molecule has 0 aliphatic carbocycles. The maximum atomic E-state index is 12.5. The molecule has 1 amide bonds. The zero-order chi connectivity index (χ0) is 19.0. The van der Waals surface area contributed by atoms with Crippen LogP contribution in [0.15, 0.2) is 60.7 Å². The number of amides is 1. The van der Waals surface area contributed by atoms with Crippen molar-refractivity contribution in [3.8, 4) is 22.4 Å². The molecule has 2 N–H and O–H groups in total.